The Bertz CT molecular complexity index is 2940. The molecule has 0 radical (unpaired) electrons. The van der Waals surface area contributed by atoms with E-state index in [-0.39, 0.29) is 63.8 Å². The summed E-state index contributed by atoms with van der Waals surface area (Å²) < 4.78 is 74.8. The zero-order chi connectivity index (χ0) is 74.7. The van der Waals surface area contributed by atoms with Crippen LogP contribution < -0.4 is 0 Å². The molecule has 8 aliphatic carbocycles. The van der Waals surface area contributed by atoms with Gasteiger partial charge in [-0.1, -0.05) is 55.4 Å². The van der Waals surface area contributed by atoms with Gasteiger partial charge in [-0.05, 0) is 196 Å². The van der Waals surface area contributed by atoms with Crippen molar-refractivity contribution < 1.29 is 133 Å². The Kier molecular flexibility index (Phi) is 22.6. The first-order valence-corrected chi connectivity index (χ1v) is 40.7. The third-order valence-electron chi connectivity index (χ3n) is 32.4. The van der Waals surface area contributed by atoms with Crippen LogP contribution in [0, 0.1) is 105 Å². The number of aliphatic hydroxyl groups excluding tert-OH is 15. The highest BCUT2D eigenvalue weighted by atomic mass is 16.8. The van der Waals surface area contributed by atoms with E-state index in [1.807, 2.05) is 0 Å². The van der Waals surface area contributed by atoms with E-state index in [0.29, 0.717) is 78.1 Å². The summed E-state index contributed by atoms with van der Waals surface area (Å²) in [7, 11) is 0. The lowest BCUT2D eigenvalue weighted by molar-refractivity contribution is -0.373. The SMILES string of the molecule is C[C@H]1CC[C@@]2(OC1)OC1C([C@@H]2C)[C@@]2(C)CCC3C(CC[C@@H]4CC(O[C@@H]5O[C@H](CO)[C@H](O)[C@H](O)[C@H]5O[C@@H]5O[C@H](CO)[C@@H](O)[C@H](O)[C@H]5O)CC[C@]34C)C2[C@H]1O.C[C@H]1CC[C@@]2(OC1)OC1CC3C4CC[C@@H]5CC(O[C@@H]6O[C@H](CO)[C@H](O)[C@H](O)[C@H]6O[C@@H]6O[C@H](CO)[C@@H](O)[C@H](O)[C@H]6O)CC[C@]5(C)C4CC[C@]3(C)C1[C@@H]2C. The van der Waals surface area contributed by atoms with E-state index in [9.17, 15) is 76.6 Å². The molecule has 16 aliphatic rings. The fourth-order valence-electron chi connectivity index (χ4n) is 26.4. The first-order valence-electron chi connectivity index (χ1n) is 40.7. The number of hydrogen-bond donors (Lipinski definition) is 15. The Morgan fingerprint density at radius 2 is 0.752 bits per heavy atom. The van der Waals surface area contributed by atoms with Crippen LogP contribution in [0.1, 0.15) is 177 Å². The predicted molar refractivity (Wildman–Crippen MR) is 367 cm³/mol. The van der Waals surface area contributed by atoms with Crippen LogP contribution in [0.15, 0.2) is 0 Å². The van der Waals surface area contributed by atoms with Crippen molar-refractivity contribution in [3.05, 3.63) is 0 Å². The second-order valence-corrected chi connectivity index (χ2v) is 37.5. The first-order chi connectivity index (χ1) is 49.9. The highest BCUT2D eigenvalue weighted by Gasteiger charge is 2.74. The minimum atomic E-state index is -1.73. The van der Waals surface area contributed by atoms with Crippen LogP contribution in [0.4, 0.5) is 0 Å². The molecule has 105 heavy (non-hydrogen) atoms. The average Bonchev–Trinajstić information content (AvgIpc) is 1.54. The number of aliphatic hydroxyl groups is 15. The predicted octanol–water partition coefficient (Wildman–Crippen LogP) is 1.86. The van der Waals surface area contributed by atoms with Crippen LogP contribution in [0.25, 0.3) is 0 Å². The number of rotatable bonds is 12. The van der Waals surface area contributed by atoms with Crippen LogP contribution >= 0.6 is 0 Å². The molecule has 16 fully saturated rings. The second kappa shape index (κ2) is 30.0. The van der Waals surface area contributed by atoms with E-state index in [1.54, 1.807) is 0 Å². The lowest BCUT2D eigenvalue weighted by atomic mass is 9.44. The zero-order valence-electron chi connectivity index (χ0n) is 62.8. The molecule has 27 heteroatoms. The molecule has 0 aromatic heterocycles. The Morgan fingerprint density at radius 1 is 0.343 bits per heavy atom. The van der Waals surface area contributed by atoms with Gasteiger partial charge in [0.25, 0.3) is 0 Å². The molecule has 8 heterocycles. The van der Waals surface area contributed by atoms with Gasteiger partial charge in [0, 0.05) is 30.6 Å². The number of fused-ring (bicyclic) bond motifs is 14. The molecule has 0 aromatic rings. The molecule has 45 atom stereocenters. The maximum absolute atomic E-state index is 12.1. The number of hydrogen-bond acceptors (Lipinski definition) is 27. The van der Waals surface area contributed by atoms with Gasteiger partial charge in [-0.15, -0.1) is 0 Å². The molecule has 12 unspecified atom stereocenters. The summed E-state index contributed by atoms with van der Waals surface area (Å²) in [5, 5.41) is 157. The molecule has 0 aromatic carbocycles. The molecule has 8 saturated heterocycles. The second-order valence-electron chi connectivity index (χ2n) is 37.5. The summed E-state index contributed by atoms with van der Waals surface area (Å²) in [6.07, 6.45) is -11.2. The molecule has 602 valence electrons. The van der Waals surface area contributed by atoms with Gasteiger partial charge in [0.05, 0.1) is 70.2 Å². The average molecular weight is 1500 g/mol. The maximum atomic E-state index is 12.1. The Hall–Kier alpha value is -1.08. The van der Waals surface area contributed by atoms with Crippen molar-refractivity contribution in [1.82, 2.24) is 0 Å². The van der Waals surface area contributed by atoms with Crippen molar-refractivity contribution in [3.8, 4) is 0 Å². The molecule has 8 saturated carbocycles. The monoisotopic (exact) mass is 1500 g/mol. The molecule has 0 amide bonds. The Balaban J connectivity index is 0.000000169. The molecule has 8 aliphatic heterocycles. The molecule has 0 bridgehead atoms. The lowest BCUT2D eigenvalue weighted by Crippen LogP contribution is -2.65. The third kappa shape index (κ3) is 13.1. The van der Waals surface area contributed by atoms with E-state index in [4.69, 9.17) is 56.8 Å². The van der Waals surface area contributed by atoms with Crippen LogP contribution in [-0.4, -0.2) is 281 Å². The summed E-state index contributed by atoms with van der Waals surface area (Å²) in [5.41, 5.74) is 0.447. The summed E-state index contributed by atoms with van der Waals surface area (Å²) >= 11 is 0. The fourth-order valence-corrected chi connectivity index (χ4v) is 26.4. The van der Waals surface area contributed by atoms with Gasteiger partial charge < -0.3 is 133 Å². The molecule has 27 nitrogen and oxygen atoms in total. The van der Waals surface area contributed by atoms with E-state index in [1.165, 1.54) is 25.7 Å². The van der Waals surface area contributed by atoms with Crippen LogP contribution in [0.3, 0.4) is 0 Å². The van der Waals surface area contributed by atoms with Crippen molar-refractivity contribution in [2.24, 2.45) is 105 Å². The summed E-state index contributed by atoms with van der Waals surface area (Å²) in [6, 6.07) is 0. The van der Waals surface area contributed by atoms with Gasteiger partial charge in [-0.3, -0.25) is 0 Å². The summed E-state index contributed by atoms with van der Waals surface area (Å²) in [4.78, 5) is 0. The largest absolute Gasteiger partial charge is 0.394 e. The van der Waals surface area contributed by atoms with E-state index >= 15 is 0 Å². The van der Waals surface area contributed by atoms with E-state index in [0.717, 1.165) is 96.5 Å². The zero-order valence-corrected chi connectivity index (χ0v) is 62.8. The van der Waals surface area contributed by atoms with Crippen molar-refractivity contribution in [3.63, 3.8) is 0 Å². The fraction of sp³-hybridized carbons (Fsp3) is 1.00. The lowest BCUT2D eigenvalue weighted by Gasteiger charge is -2.61. The Morgan fingerprint density at radius 3 is 1.21 bits per heavy atom. The highest BCUT2D eigenvalue weighted by Crippen LogP contribution is 2.74. The number of ether oxygens (including phenoxy) is 12. The van der Waals surface area contributed by atoms with Crippen molar-refractivity contribution in [1.29, 1.82) is 0 Å². The van der Waals surface area contributed by atoms with Crippen molar-refractivity contribution >= 4 is 0 Å². The highest BCUT2D eigenvalue weighted by molar-refractivity contribution is 5.20. The van der Waals surface area contributed by atoms with Crippen molar-refractivity contribution in [2.75, 3.05) is 39.6 Å². The van der Waals surface area contributed by atoms with Gasteiger partial charge >= 0.3 is 0 Å². The van der Waals surface area contributed by atoms with Gasteiger partial charge in [0.1, 0.15) is 97.7 Å². The molecular weight excluding hydrogens is 1370 g/mol. The quantitative estimate of drug-likeness (QED) is 0.124. The van der Waals surface area contributed by atoms with E-state index in [2.05, 4.69) is 55.4 Å². The Labute approximate surface area is 617 Å². The smallest absolute Gasteiger partial charge is 0.187 e. The maximum Gasteiger partial charge on any atom is 0.187 e. The summed E-state index contributed by atoms with van der Waals surface area (Å²) in [6.45, 7) is 18.2. The van der Waals surface area contributed by atoms with E-state index < -0.39 is 167 Å². The van der Waals surface area contributed by atoms with Gasteiger partial charge in [0.15, 0.2) is 36.7 Å². The topological polar surface area (TPSA) is 414 Å². The third-order valence-corrected chi connectivity index (χ3v) is 32.4. The molecule has 2 spiro atoms. The normalized spacial score (nSPS) is 59.3. The molecular formula is C78H128O27. The standard InChI is InChI=1S/C39H64O14.C39H64O13/c1-17-7-12-39(48-16-17)18(2)25-33(53-39)29(44)26-21-6-5-19-13-20(8-10-37(19,3)22(21)9-11-38(25,26)4)49-36-34(31(46)28(43)24(15-41)51-36)52-35-32(47)30(45)27(42)23(14-40)50-35;1-18-7-12-39(47-17-18)19(2)28-25(52-39)14-24-22-6-5-20-13-21(8-10-37(20,3)23(22)9-11-38(24,28)4)48-36-34(32(45)30(43)27(16-41)50-36)51-35-33(46)31(44)29(42)26(15-40)49-35/h17-36,40-47H,5-16H2,1-4H3;18-36,40-46H,5-17H2,1-4H3/t17-,18-,19+,20?,21?,22?,23+,24+,25?,26?,27+,28-,29+,30-,31-,32+,33?,34+,35-,36+,37-,38+,39+;18-,19-,20+,21?,22?,23?,24?,25?,26+,27+,28?,29+,30-,31-,32-,33+,34+,35-,36+,37-,38-,39+/m00/s1. The molecule has 16 rings (SSSR count). The minimum absolute atomic E-state index is 0.0208. The van der Waals surface area contributed by atoms with Gasteiger partial charge in [-0.2, -0.15) is 0 Å². The van der Waals surface area contributed by atoms with Crippen molar-refractivity contribution in [2.45, 2.75) is 342 Å². The summed E-state index contributed by atoms with van der Waals surface area (Å²) in [5.74, 6) is 5.30. The van der Waals surface area contributed by atoms with Crippen LogP contribution in [0.5, 0.6) is 0 Å². The first kappa shape index (κ1) is 79.2. The minimum Gasteiger partial charge on any atom is -0.394 e. The van der Waals surface area contributed by atoms with Gasteiger partial charge in [-0.25, -0.2) is 0 Å². The molecule has 15 N–H and O–H groups in total. The van der Waals surface area contributed by atoms with Crippen LogP contribution in [0.2, 0.25) is 0 Å². The van der Waals surface area contributed by atoms with Gasteiger partial charge in [0.2, 0.25) is 0 Å². The van der Waals surface area contributed by atoms with Crippen LogP contribution in [-0.2, 0) is 56.8 Å².